The average molecular weight is 457 g/mol. The zero-order chi connectivity index (χ0) is 12.8. The van der Waals surface area contributed by atoms with Crippen molar-refractivity contribution in [2.75, 3.05) is 7.11 Å². The number of thiazole rings is 1. The van der Waals surface area contributed by atoms with Crippen molar-refractivity contribution in [3.8, 4) is 5.75 Å². The maximum Gasteiger partial charge on any atom is 0.0683 e. The molecule has 2 nitrogen and oxygen atoms in total. The summed E-state index contributed by atoms with van der Waals surface area (Å²) in [6.45, 7) is 0. The van der Waals surface area contributed by atoms with Crippen LogP contribution < -0.4 is 4.74 Å². The number of ether oxygens (including phenoxy) is 1. The molecular weight excluding hydrogens is 446 g/mol. The molecule has 4 rings (SSSR count). The van der Waals surface area contributed by atoms with Gasteiger partial charge in [0, 0.05) is 36.1 Å². The third-order valence-corrected chi connectivity index (χ3v) is 4.28. The Morgan fingerprint density at radius 3 is 2.75 bits per heavy atom. The van der Waals surface area contributed by atoms with Crippen molar-refractivity contribution in [1.82, 2.24) is 4.98 Å². The second kappa shape index (κ2) is 5.13. The minimum atomic E-state index is 0. The van der Waals surface area contributed by atoms with Gasteiger partial charge in [-0.3, -0.25) is 4.98 Å². The minimum Gasteiger partial charge on any atom is -0.540 e. The first-order valence-electron chi connectivity index (χ1n) is 6.02. The van der Waals surface area contributed by atoms with E-state index in [4.69, 9.17) is 4.74 Å². The van der Waals surface area contributed by atoms with E-state index < -0.39 is 0 Å². The van der Waals surface area contributed by atoms with E-state index >= 15 is 0 Å². The molecule has 0 saturated carbocycles. The van der Waals surface area contributed by atoms with Gasteiger partial charge < -0.3 is 4.74 Å². The van der Waals surface area contributed by atoms with Gasteiger partial charge in [-0.1, -0.05) is 41.1 Å². The Hall–Kier alpha value is -1.48. The van der Waals surface area contributed by atoms with Crippen LogP contribution in [0, 0.1) is 6.07 Å². The fraction of sp³-hybridized carbons (Fsp3) is 0.0625. The summed E-state index contributed by atoms with van der Waals surface area (Å²) in [5.74, 6) is 0.826. The summed E-state index contributed by atoms with van der Waals surface area (Å²) in [6.07, 6.45) is 0. The van der Waals surface area contributed by atoms with Gasteiger partial charge in [0.2, 0.25) is 0 Å². The maximum atomic E-state index is 5.32. The normalized spacial score (nSPS) is 10.8. The van der Waals surface area contributed by atoms with E-state index in [-0.39, 0.29) is 20.1 Å². The Kier molecular flexibility index (Phi) is 3.46. The molecule has 4 heteroatoms. The molecule has 1 radical (unpaired) electrons. The number of nitrogens with zero attached hydrogens (tertiary/aromatic N) is 1. The molecule has 0 aliphatic rings. The molecule has 0 saturated heterocycles. The molecule has 0 N–H and O–H groups in total. The summed E-state index contributed by atoms with van der Waals surface area (Å²) in [7, 11) is 1.68. The zero-order valence-corrected chi connectivity index (χ0v) is 13.9. The standard InChI is InChI=1S/C16H10NOS.Ir/c1-18-10-6-7-12-14(8-10)11-4-2-3-5-13(11)16-15(12)17-9-19-16;/h2-6,8-9H,1H3;/q-1;. The molecule has 1 aromatic heterocycles. The van der Waals surface area contributed by atoms with Crippen molar-refractivity contribution in [2.45, 2.75) is 0 Å². The predicted molar refractivity (Wildman–Crippen MR) is 80.0 cm³/mol. The van der Waals surface area contributed by atoms with Gasteiger partial charge in [-0.05, 0) is 5.39 Å². The summed E-state index contributed by atoms with van der Waals surface area (Å²) < 4.78 is 6.54. The van der Waals surface area contributed by atoms with Gasteiger partial charge in [0.1, 0.15) is 0 Å². The molecule has 0 aliphatic carbocycles. The average Bonchev–Trinajstić information content (AvgIpc) is 2.96. The van der Waals surface area contributed by atoms with Crippen molar-refractivity contribution < 1.29 is 24.8 Å². The largest absolute Gasteiger partial charge is 0.540 e. The van der Waals surface area contributed by atoms with Crippen LogP contribution in [0.4, 0.5) is 0 Å². The van der Waals surface area contributed by atoms with Crippen LogP contribution in [0.25, 0.3) is 31.8 Å². The fourth-order valence-electron chi connectivity index (χ4n) is 2.53. The van der Waals surface area contributed by atoms with Crippen LogP contribution in [0.2, 0.25) is 0 Å². The van der Waals surface area contributed by atoms with Gasteiger partial charge in [-0.15, -0.1) is 28.9 Å². The van der Waals surface area contributed by atoms with E-state index in [1.165, 1.54) is 15.5 Å². The van der Waals surface area contributed by atoms with Gasteiger partial charge in [0.05, 0.1) is 12.6 Å². The Labute approximate surface area is 133 Å². The van der Waals surface area contributed by atoms with Gasteiger partial charge >= 0.3 is 0 Å². The van der Waals surface area contributed by atoms with Gasteiger partial charge in [0.25, 0.3) is 0 Å². The first-order chi connectivity index (χ1) is 9.38. The SMILES string of the molecule is COc1c[c-]c2c(c1)c1ccccc1c1scnc21.[Ir]. The van der Waals surface area contributed by atoms with Crippen LogP contribution in [0.3, 0.4) is 0 Å². The summed E-state index contributed by atoms with van der Waals surface area (Å²) in [5.41, 5.74) is 2.93. The van der Waals surface area contributed by atoms with E-state index in [0.717, 1.165) is 22.0 Å². The predicted octanol–water partition coefficient (Wildman–Crippen LogP) is 4.41. The fourth-order valence-corrected chi connectivity index (χ4v) is 3.37. The molecule has 1 heterocycles. The second-order valence-electron chi connectivity index (χ2n) is 4.40. The second-order valence-corrected chi connectivity index (χ2v) is 5.26. The number of hydrogen-bond donors (Lipinski definition) is 0. The van der Waals surface area contributed by atoms with Crippen LogP contribution >= 0.6 is 11.3 Å². The molecular formula is C16H10IrNOS-. The molecule has 0 bridgehead atoms. The smallest absolute Gasteiger partial charge is 0.0683 e. The van der Waals surface area contributed by atoms with Crippen molar-refractivity contribution in [3.63, 3.8) is 0 Å². The summed E-state index contributed by atoms with van der Waals surface area (Å²) in [4.78, 5) is 4.50. The summed E-state index contributed by atoms with van der Waals surface area (Å²) in [5, 5.41) is 4.68. The number of hydrogen-bond acceptors (Lipinski definition) is 3. The van der Waals surface area contributed by atoms with Gasteiger partial charge in [-0.25, -0.2) is 0 Å². The van der Waals surface area contributed by atoms with Crippen LogP contribution in [0.1, 0.15) is 0 Å². The van der Waals surface area contributed by atoms with Crippen LogP contribution in [0.15, 0.2) is 41.9 Å². The van der Waals surface area contributed by atoms with Crippen molar-refractivity contribution in [2.24, 2.45) is 0 Å². The summed E-state index contributed by atoms with van der Waals surface area (Å²) >= 11 is 1.68. The zero-order valence-electron chi connectivity index (χ0n) is 10.6. The maximum absolute atomic E-state index is 5.32. The Morgan fingerprint density at radius 1 is 1.15 bits per heavy atom. The van der Waals surface area contributed by atoms with Crippen LogP contribution in [-0.2, 0) is 20.1 Å². The number of methoxy groups -OCH3 is 1. The Bertz CT molecular complexity index is 916. The third kappa shape index (κ3) is 1.84. The third-order valence-electron chi connectivity index (χ3n) is 3.42. The number of fused-ring (bicyclic) bond motifs is 6. The first-order valence-corrected chi connectivity index (χ1v) is 6.90. The van der Waals surface area contributed by atoms with Gasteiger partial charge in [0.15, 0.2) is 0 Å². The van der Waals surface area contributed by atoms with Crippen molar-refractivity contribution in [1.29, 1.82) is 0 Å². The Balaban J connectivity index is 0.00000121. The van der Waals surface area contributed by atoms with Gasteiger partial charge in [-0.2, -0.15) is 0 Å². The summed E-state index contributed by atoms with van der Waals surface area (Å²) in [6, 6.07) is 15.7. The van der Waals surface area contributed by atoms with E-state index in [1.54, 1.807) is 18.4 Å². The number of benzene rings is 3. The minimum absolute atomic E-state index is 0. The quantitative estimate of drug-likeness (QED) is 0.313. The molecule has 20 heavy (non-hydrogen) atoms. The first kappa shape index (κ1) is 13.5. The molecule has 0 atom stereocenters. The van der Waals surface area contributed by atoms with E-state index in [9.17, 15) is 0 Å². The molecule has 0 fully saturated rings. The van der Waals surface area contributed by atoms with Crippen molar-refractivity contribution in [3.05, 3.63) is 48.0 Å². The van der Waals surface area contributed by atoms with Crippen LogP contribution in [-0.4, -0.2) is 12.1 Å². The molecule has 0 unspecified atom stereocenters. The molecule has 0 spiro atoms. The van der Waals surface area contributed by atoms with E-state index in [1.807, 2.05) is 11.6 Å². The molecule has 4 aromatic rings. The topological polar surface area (TPSA) is 22.1 Å². The molecule has 101 valence electrons. The Morgan fingerprint density at radius 2 is 1.95 bits per heavy atom. The number of rotatable bonds is 1. The van der Waals surface area contributed by atoms with E-state index in [2.05, 4.69) is 41.4 Å². The van der Waals surface area contributed by atoms with E-state index in [0.29, 0.717) is 0 Å². The van der Waals surface area contributed by atoms with Crippen LogP contribution in [0.5, 0.6) is 5.75 Å². The number of aromatic nitrogens is 1. The van der Waals surface area contributed by atoms with Crippen molar-refractivity contribution >= 4 is 43.1 Å². The molecule has 3 aromatic carbocycles. The molecule has 0 amide bonds. The molecule has 0 aliphatic heterocycles. The monoisotopic (exact) mass is 457 g/mol.